The molecule has 0 unspecified atom stereocenters. The number of pyridine rings is 1. The SMILES string of the molecule is COCC#Cc1ccc2c(c1)C(c1c(F)cccc1F)=NCc1cnc(Nc3ccc(C(=O)O)c(OC)c3)cc1-2. The summed E-state index contributed by atoms with van der Waals surface area (Å²) >= 11 is 0. The lowest BCUT2D eigenvalue weighted by Gasteiger charge is -2.15. The number of aromatic carboxylic acids is 1. The number of carbonyl (C=O) groups is 1. The molecule has 0 amide bonds. The van der Waals surface area contributed by atoms with Crippen molar-refractivity contribution < 1.29 is 28.2 Å². The van der Waals surface area contributed by atoms with E-state index >= 15 is 0 Å². The normalized spacial score (nSPS) is 11.8. The molecule has 5 rings (SSSR count). The molecule has 0 saturated carbocycles. The monoisotopic (exact) mass is 539 g/mol. The van der Waals surface area contributed by atoms with Gasteiger partial charge in [-0.05, 0) is 59.2 Å². The van der Waals surface area contributed by atoms with Gasteiger partial charge in [0.15, 0.2) is 0 Å². The number of rotatable bonds is 6. The number of aliphatic imine (C=N–C) groups is 1. The zero-order valence-corrected chi connectivity index (χ0v) is 21.6. The molecule has 9 heteroatoms. The minimum absolute atomic E-state index is 0.0336. The van der Waals surface area contributed by atoms with Crippen molar-refractivity contribution in [3.8, 4) is 28.7 Å². The molecule has 7 nitrogen and oxygen atoms in total. The van der Waals surface area contributed by atoms with Crippen molar-refractivity contribution in [2.24, 2.45) is 4.99 Å². The summed E-state index contributed by atoms with van der Waals surface area (Å²) in [6.45, 7) is 0.383. The first-order valence-corrected chi connectivity index (χ1v) is 12.2. The average molecular weight is 540 g/mol. The maximum atomic E-state index is 15.0. The molecular formula is C31H23F2N3O4. The second kappa shape index (κ2) is 11.4. The number of fused-ring (bicyclic) bond motifs is 3. The van der Waals surface area contributed by atoms with Crippen molar-refractivity contribution in [3.05, 3.63) is 106 Å². The molecule has 2 N–H and O–H groups in total. The summed E-state index contributed by atoms with van der Waals surface area (Å²) in [5.41, 5.74) is 3.97. The van der Waals surface area contributed by atoms with Gasteiger partial charge in [-0.2, -0.15) is 0 Å². The highest BCUT2D eigenvalue weighted by Gasteiger charge is 2.24. The number of ether oxygens (including phenoxy) is 2. The van der Waals surface area contributed by atoms with Crippen LogP contribution in [0.25, 0.3) is 11.1 Å². The molecule has 0 radical (unpaired) electrons. The number of hydrogen-bond acceptors (Lipinski definition) is 6. The molecule has 2 heterocycles. The van der Waals surface area contributed by atoms with Crippen LogP contribution in [-0.2, 0) is 11.3 Å². The van der Waals surface area contributed by atoms with Crippen LogP contribution in [0.15, 0.2) is 71.9 Å². The lowest BCUT2D eigenvalue weighted by Crippen LogP contribution is -2.10. The third-order valence-electron chi connectivity index (χ3n) is 6.31. The van der Waals surface area contributed by atoms with E-state index < -0.39 is 17.6 Å². The van der Waals surface area contributed by atoms with Gasteiger partial charge in [0.25, 0.3) is 0 Å². The first-order valence-electron chi connectivity index (χ1n) is 12.2. The lowest BCUT2D eigenvalue weighted by molar-refractivity contribution is 0.0693. The van der Waals surface area contributed by atoms with Crippen molar-refractivity contribution in [1.82, 2.24) is 4.98 Å². The van der Waals surface area contributed by atoms with E-state index in [1.165, 1.54) is 31.4 Å². The number of anilines is 2. The highest BCUT2D eigenvalue weighted by molar-refractivity contribution is 6.17. The van der Waals surface area contributed by atoms with Gasteiger partial charge in [0.2, 0.25) is 0 Å². The average Bonchev–Trinajstić information content (AvgIpc) is 3.09. The highest BCUT2D eigenvalue weighted by Crippen LogP contribution is 2.36. The molecule has 4 aromatic rings. The number of halogens is 2. The summed E-state index contributed by atoms with van der Waals surface area (Å²) in [7, 11) is 2.94. The summed E-state index contributed by atoms with van der Waals surface area (Å²) in [6, 6.07) is 15.6. The maximum Gasteiger partial charge on any atom is 0.339 e. The Bertz CT molecular complexity index is 1700. The smallest absolute Gasteiger partial charge is 0.339 e. The van der Waals surface area contributed by atoms with Crippen molar-refractivity contribution in [3.63, 3.8) is 0 Å². The fourth-order valence-corrected chi connectivity index (χ4v) is 4.47. The molecule has 0 spiro atoms. The summed E-state index contributed by atoms with van der Waals surface area (Å²) in [5.74, 6) is 4.05. The van der Waals surface area contributed by atoms with Gasteiger partial charge in [-0.3, -0.25) is 4.99 Å². The number of carboxylic acids is 1. The van der Waals surface area contributed by atoms with Crippen LogP contribution < -0.4 is 10.1 Å². The van der Waals surface area contributed by atoms with Gasteiger partial charge in [-0.15, -0.1) is 0 Å². The summed E-state index contributed by atoms with van der Waals surface area (Å²) in [5, 5.41) is 12.5. The predicted molar refractivity (Wildman–Crippen MR) is 147 cm³/mol. The van der Waals surface area contributed by atoms with Crippen LogP contribution in [0.3, 0.4) is 0 Å². The number of nitrogens with zero attached hydrogens (tertiary/aromatic N) is 2. The van der Waals surface area contributed by atoms with Crippen molar-refractivity contribution in [2.75, 3.05) is 26.1 Å². The Morgan fingerprint density at radius 3 is 2.55 bits per heavy atom. The molecular weight excluding hydrogens is 516 g/mol. The number of aromatic nitrogens is 1. The first kappa shape index (κ1) is 26.5. The fourth-order valence-electron chi connectivity index (χ4n) is 4.47. The molecule has 0 aliphatic carbocycles. The predicted octanol–water partition coefficient (Wildman–Crippen LogP) is 5.83. The van der Waals surface area contributed by atoms with E-state index in [1.54, 1.807) is 31.5 Å². The van der Waals surface area contributed by atoms with Crippen LogP contribution in [0, 0.1) is 23.5 Å². The number of benzene rings is 3. The molecule has 0 fully saturated rings. The van der Waals surface area contributed by atoms with E-state index in [-0.39, 0.29) is 35.7 Å². The van der Waals surface area contributed by atoms with E-state index in [9.17, 15) is 18.7 Å². The summed E-state index contributed by atoms with van der Waals surface area (Å²) < 4.78 is 40.1. The first-order chi connectivity index (χ1) is 19.4. The van der Waals surface area contributed by atoms with Crippen LogP contribution in [0.2, 0.25) is 0 Å². The zero-order chi connectivity index (χ0) is 28.2. The maximum absolute atomic E-state index is 15.0. The zero-order valence-electron chi connectivity index (χ0n) is 21.6. The van der Waals surface area contributed by atoms with Gasteiger partial charge in [-0.1, -0.05) is 24.0 Å². The molecule has 0 bridgehead atoms. The second-order valence-electron chi connectivity index (χ2n) is 8.83. The van der Waals surface area contributed by atoms with E-state index in [0.717, 1.165) is 11.1 Å². The lowest BCUT2D eigenvalue weighted by atomic mass is 9.91. The Hall–Kier alpha value is -5.07. The Morgan fingerprint density at radius 2 is 1.82 bits per heavy atom. The minimum atomic E-state index is -1.10. The minimum Gasteiger partial charge on any atom is -0.496 e. The topological polar surface area (TPSA) is 93.0 Å². The third-order valence-corrected chi connectivity index (χ3v) is 6.31. The molecule has 1 aliphatic heterocycles. The second-order valence-corrected chi connectivity index (χ2v) is 8.83. The van der Waals surface area contributed by atoms with Crippen LogP contribution in [0.1, 0.15) is 32.6 Å². The highest BCUT2D eigenvalue weighted by atomic mass is 19.1. The third kappa shape index (κ3) is 5.25. The van der Waals surface area contributed by atoms with E-state index in [2.05, 4.69) is 27.1 Å². The van der Waals surface area contributed by atoms with Gasteiger partial charge in [0.1, 0.15) is 35.4 Å². The van der Waals surface area contributed by atoms with E-state index in [0.29, 0.717) is 28.2 Å². The Labute approximate surface area is 229 Å². The van der Waals surface area contributed by atoms with Crippen molar-refractivity contribution in [1.29, 1.82) is 0 Å². The Kier molecular flexibility index (Phi) is 7.53. The molecule has 0 saturated heterocycles. The molecule has 200 valence electrons. The van der Waals surface area contributed by atoms with E-state index in [1.807, 2.05) is 18.2 Å². The fraction of sp³-hybridized carbons (Fsp3) is 0.129. The molecule has 0 atom stereocenters. The van der Waals surface area contributed by atoms with Crippen LogP contribution in [0.5, 0.6) is 5.75 Å². The van der Waals surface area contributed by atoms with Gasteiger partial charge in [0.05, 0.1) is 24.9 Å². The molecule has 1 aliphatic rings. The largest absolute Gasteiger partial charge is 0.496 e. The number of nitrogens with one attached hydrogen (secondary N) is 1. The standard InChI is InChI=1S/C31H23F2N3O4/c1-39-12-4-5-18-8-10-21-23-15-28(36-20-9-11-22(31(37)38)27(14-20)40-2)34-16-19(23)17-35-30(24(21)13-18)29-25(32)6-3-7-26(29)33/h3,6-11,13-16H,12,17H2,1-2H3,(H,34,36)(H,37,38). The van der Waals surface area contributed by atoms with Gasteiger partial charge in [0, 0.05) is 36.2 Å². The number of carboxylic acid groups (broad SMARTS) is 1. The van der Waals surface area contributed by atoms with Crippen LogP contribution >= 0.6 is 0 Å². The molecule has 1 aromatic heterocycles. The van der Waals surface area contributed by atoms with Gasteiger partial charge < -0.3 is 19.9 Å². The quantitative estimate of drug-likeness (QED) is 0.300. The van der Waals surface area contributed by atoms with Crippen molar-refractivity contribution in [2.45, 2.75) is 6.54 Å². The van der Waals surface area contributed by atoms with Crippen LogP contribution in [0.4, 0.5) is 20.3 Å². The van der Waals surface area contributed by atoms with Gasteiger partial charge in [-0.25, -0.2) is 18.6 Å². The number of methoxy groups -OCH3 is 2. The Balaban J connectivity index is 1.61. The summed E-state index contributed by atoms with van der Waals surface area (Å²) in [4.78, 5) is 20.6. The van der Waals surface area contributed by atoms with Crippen molar-refractivity contribution >= 4 is 23.2 Å². The van der Waals surface area contributed by atoms with E-state index in [4.69, 9.17) is 9.47 Å². The van der Waals surface area contributed by atoms with Crippen LogP contribution in [-0.4, -0.2) is 42.6 Å². The number of hydrogen-bond donors (Lipinski definition) is 2. The molecule has 40 heavy (non-hydrogen) atoms. The Morgan fingerprint density at radius 1 is 1.02 bits per heavy atom. The molecule has 3 aromatic carbocycles. The van der Waals surface area contributed by atoms with Gasteiger partial charge >= 0.3 is 5.97 Å². The summed E-state index contributed by atoms with van der Waals surface area (Å²) in [6.07, 6.45) is 1.65.